The van der Waals surface area contributed by atoms with Crippen LogP contribution in [0.4, 0.5) is 16.3 Å². The van der Waals surface area contributed by atoms with E-state index in [0.29, 0.717) is 51.2 Å². The third-order valence-electron chi connectivity index (χ3n) is 6.31. The van der Waals surface area contributed by atoms with E-state index in [-0.39, 0.29) is 21.5 Å². The van der Waals surface area contributed by atoms with Gasteiger partial charge in [0.05, 0.1) is 15.7 Å². The van der Waals surface area contributed by atoms with Crippen molar-refractivity contribution in [3.63, 3.8) is 0 Å². The van der Waals surface area contributed by atoms with E-state index in [9.17, 15) is 9.59 Å². The second-order valence-corrected chi connectivity index (χ2v) is 10.7. The summed E-state index contributed by atoms with van der Waals surface area (Å²) >= 11 is 19.1. The highest BCUT2D eigenvalue weighted by Crippen LogP contribution is 2.34. The van der Waals surface area contributed by atoms with Crippen LogP contribution in [0.3, 0.4) is 0 Å². The van der Waals surface area contributed by atoms with Crippen molar-refractivity contribution < 1.29 is 4.79 Å². The number of aromatic amines is 1. The molecule has 12 heteroatoms. The normalized spacial score (nSPS) is 11.3. The van der Waals surface area contributed by atoms with Gasteiger partial charge >= 0.3 is 6.03 Å². The lowest BCUT2D eigenvalue weighted by Gasteiger charge is -2.13. The number of fused-ring (bicyclic) bond motifs is 1. The Morgan fingerprint density at radius 1 is 1.05 bits per heavy atom. The molecule has 0 fully saturated rings. The number of rotatable bonds is 6. The van der Waals surface area contributed by atoms with Crippen molar-refractivity contribution >= 4 is 63.4 Å². The van der Waals surface area contributed by atoms with Gasteiger partial charge in [-0.25, -0.2) is 19.4 Å². The van der Waals surface area contributed by atoms with Crippen LogP contribution in [0.2, 0.25) is 15.1 Å². The zero-order valence-corrected chi connectivity index (χ0v) is 24.0. The Balaban J connectivity index is 1.52. The Morgan fingerprint density at radius 3 is 2.48 bits per heavy atom. The van der Waals surface area contributed by atoms with E-state index >= 15 is 0 Å². The van der Waals surface area contributed by atoms with Crippen molar-refractivity contribution in [3.05, 3.63) is 103 Å². The number of hydrogen-bond donors (Lipinski definition) is 3. The standard InChI is InChI=1S/C28H24Cl3N7O2/c1-14(2)24-23-26(38(37-24)25-18(30)12-17(29)13-19(25)31)34-22(35-27(23)39)11-16-7-6-8-20(15(16)3)33-28(40)36-21-9-4-5-10-32-21/h4-10,12-14H,11H2,1-3H3,(H,34,35,39)(H2,32,33,36,40). The average molecular weight is 597 g/mol. The molecule has 5 aromatic rings. The predicted molar refractivity (Wildman–Crippen MR) is 159 cm³/mol. The number of amides is 2. The number of carbonyl (C=O) groups is 1. The molecule has 3 aromatic heterocycles. The summed E-state index contributed by atoms with van der Waals surface area (Å²) < 4.78 is 1.50. The van der Waals surface area contributed by atoms with E-state index in [4.69, 9.17) is 39.8 Å². The molecule has 3 N–H and O–H groups in total. The highest BCUT2D eigenvalue weighted by molar-refractivity contribution is 6.40. The van der Waals surface area contributed by atoms with Crippen molar-refractivity contribution in [2.45, 2.75) is 33.1 Å². The van der Waals surface area contributed by atoms with Crippen LogP contribution in [0.5, 0.6) is 0 Å². The van der Waals surface area contributed by atoms with Gasteiger partial charge in [-0.2, -0.15) is 5.10 Å². The van der Waals surface area contributed by atoms with Crippen LogP contribution in [-0.4, -0.2) is 30.8 Å². The maximum absolute atomic E-state index is 13.3. The lowest BCUT2D eigenvalue weighted by molar-refractivity contribution is 0.262. The quantitative estimate of drug-likeness (QED) is 0.193. The first kappa shape index (κ1) is 27.6. The minimum atomic E-state index is -0.422. The lowest BCUT2D eigenvalue weighted by atomic mass is 10.0. The van der Waals surface area contributed by atoms with E-state index in [1.54, 1.807) is 42.6 Å². The number of hydrogen-bond acceptors (Lipinski definition) is 5. The van der Waals surface area contributed by atoms with Gasteiger partial charge in [0.15, 0.2) is 5.65 Å². The fourth-order valence-corrected chi connectivity index (χ4v) is 5.35. The number of urea groups is 1. The zero-order valence-electron chi connectivity index (χ0n) is 21.7. The van der Waals surface area contributed by atoms with Crippen LogP contribution in [0.15, 0.2) is 59.5 Å². The second kappa shape index (κ2) is 11.3. The maximum atomic E-state index is 13.3. The van der Waals surface area contributed by atoms with Crippen molar-refractivity contribution in [3.8, 4) is 5.69 Å². The smallest absolute Gasteiger partial charge is 0.310 e. The molecule has 0 aliphatic carbocycles. The van der Waals surface area contributed by atoms with E-state index in [1.807, 2.05) is 32.9 Å². The van der Waals surface area contributed by atoms with E-state index in [0.717, 1.165) is 11.1 Å². The van der Waals surface area contributed by atoms with Crippen molar-refractivity contribution in [1.82, 2.24) is 24.7 Å². The van der Waals surface area contributed by atoms with Gasteiger partial charge in [0.1, 0.15) is 22.7 Å². The number of nitrogens with zero attached hydrogens (tertiary/aromatic N) is 4. The van der Waals surface area contributed by atoms with Gasteiger partial charge in [-0.15, -0.1) is 0 Å². The first-order valence-corrected chi connectivity index (χ1v) is 13.5. The van der Waals surface area contributed by atoms with E-state index in [1.165, 1.54) is 4.68 Å². The van der Waals surface area contributed by atoms with E-state index in [2.05, 4.69) is 25.7 Å². The molecule has 0 aliphatic heterocycles. The molecule has 5 rings (SSSR count). The Kier molecular flexibility index (Phi) is 7.80. The van der Waals surface area contributed by atoms with Gasteiger partial charge in [-0.05, 0) is 54.3 Å². The molecule has 0 radical (unpaired) electrons. The van der Waals surface area contributed by atoms with Gasteiger partial charge in [-0.1, -0.05) is 66.8 Å². The molecule has 2 aromatic carbocycles. The number of anilines is 2. The fourth-order valence-electron chi connectivity index (χ4n) is 4.37. The molecule has 0 aliphatic rings. The number of halogens is 3. The molecule has 0 saturated heterocycles. The number of pyridine rings is 1. The summed E-state index contributed by atoms with van der Waals surface area (Å²) in [4.78, 5) is 37.7. The fraction of sp³-hybridized carbons (Fsp3) is 0.179. The summed E-state index contributed by atoms with van der Waals surface area (Å²) in [5.41, 5.74) is 3.25. The number of H-pyrrole nitrogens is 1. The van der Waals surface area contributed by atoms with Crippen LogP contribution >= 0.6 is 34.8 Å². The summed E-state index contributed by atoms with van der Waals surface area (Å²) in [6, 6.07) is 13.5. The third-order valence-corrected chi connectivity index (χ3v) is 7.11. The zero-order chi connectivity index (χ0) is 28.6. The number of aromatic nitrogens is 5. The molecule has 40 heavy (non-hydrogen) atoms. The number of nitrogens with one attached hydrogen (secondary N) is 3. The molecule has 0 atom stereocenters. The highest BCUT2D eigenvalue weighted by Gasteiger charge is 2.23. The van der Waals surface area contributed by atoms with Crippen LogP contribution < -0.4 is 16.2 Å². The summed E-state index contributed by atoms with van der Waals surface area (Å²) in [5, 5.41) is 11.5. The SMILES string of the molecule is Cc1c(Cc2nc3c(c(C(C)C)nn3-c3c(Cl)cc(Cl)cc3Cl)c(=O)[nH]2)cccc1NC(=O)Nc1ccccn1. The molecule has 0 saturated carbocycles. The first-order valence-electron chi connectivity index (χ1n) is 12.4. The van der Waals surface area contributed by atoms with Gasteiger partial charge in [-0.3, -0.25) is 10.1 Å². The van der Waals surface area contributed by atoms with Gasteiger partial charge in [0.25, 0.3) is 5.56 Å². The van der Waals surface area contributed by atoms with Crippen molar-refractivity contribution in [2.24, 2.45) is 0 Å². The van der Waals surface area contributed by atoms with Crippen LogP contribution in [0.25, 0.3) is 16.7 Å². The van der Waals surface area contributed by atoms with E-state index < -0.39 is 6.03 Å². The highest BCUT2D eigenvalue weighted by atomic mass is 35.5. The van der Waals surface area contributed by atoms with Crippen molar-refractivity contribution in [1.29, 1.82) is 0 Å². The minimum absolute atomic E-state index is 0.0652. The monoisotopic (exact) mass is 595 g/mol. The molecule has 9 nitrogen and oxygen atoms in total. The third kappa shape index (κ3) is 5.54. The summed E-state index contributed by atoms with van der Waals surface area (Å²) in [6.45, 7) is 5.77. The second-order valence-electron chi connectivity index (χ2n) is 9.44. The largest absolute Gasteiger partial charge is 0.324 e. The molecule has 0 spiro atoms. The molecule has 0 bridgehead atoms. The lowest BCUT2D eigenvalue weighted by Crippen LogP contribution is -2.21. The molecule has 0 unspecified atom stereocenters. The predicted octanol–water partition coefficient (Wildman–Crippen LogP) is 7.13. The number of carbonyl (C=O) groups excluding carboxylic acids is 1. The maximum Gasteiger partial charge on any atom is 0.324 e. The first-order chi connectivity index (χ1) is 19.1. The Hall–Kier alpha value is -3.92. The summed E-state index contributed by atoms with van der Waals surface area (Å²) in [7, 11) is 0. The van der Waals surface area contributed by atoms with Crippen LogP contribution in [0, 0.1) is 6.92 Å². The summed E-state index contributed by atoms with van der Waals surface area (Å²) in [5.74, 6) is 0.778. The molecule has 204 valence electrons. The van der Waals surface area contributed by atoms with Crippen molar-refractivity contribution in [2.75, 3.05) is 10.6 Å². The minimum Gasteiger partial charge on any atom is -0.310 e. The summed E-state index contributed by atoms with van der Waals surface area (Å²) in [6.07, 6.45) is 1.88. The number of benzene rings is 2. The Labute approximate surface area is 244 Å². The molecule has 3 heterocycles. The Morgan fingerprint density at radius 2 is 1.80 bits per heavy atom. The van der Waals surface area contributed by atoms with Gasteiger partial charge in [0, 0.05) is 23.3 Å². The molecule has 2 amide bonds. The van der Waals surface area contributed by atoms with Gasteiger partial charge < -0.3 is 10.3 Å². The topological polar surface area (TPSA) is 118 Å². The van der Waals surface area contributed by atoms with Crippen LogP contribution in [-0.2, 0) is 6.42 Å². The van der Waals surface area contributed by atoms with Gasteiger partial charge in [0.2, 0.25) is 0 Å². The molecular weight excluding hydrogens is 573 g/mol. The van der Waals surface area contributed by atoms with Crippen LogP contribution in [0.1, 0.15) is 42.4 Å². The average Bonchev–Trinajstić information content (AvgIpc) is 3.26. The Bertz CT molecular complexity index is 1780. The molecular formula is C28H24Cl3N7O2.